The van der Waals surface area contributed by atoms with Crippen molar-refractivity contribution in [3.8, 4) is 5.75 Å². The van der Waals surface area contributed by atoms with E-state index in [2.05, 4.69) is 22.0 Å². The van der Waals surface area contributed by atoms with Crippen molar-refractivity contribution in [2.24, 2.45) is 5.73 Å². The van der Waals surface area contributed by atoms with Crippen molar-refractivity contribution in [2.45, 2.75) is 25.1 Å². The van der Waals surface area contributed by atoms with Crippen LogP contribution in [0.4, 0.5) is 0 Å². The zero-order chi connectivity index (χ0) is 12.0. The van der Waals surface area contributed by atoms with E-state index in [9.17, 15) is 0 Å². The van der Waals surface area contributed by atoms with Crippen LogP contribution >= 0.6 is 27.7 Å². The second-order valence-electron chi connectivity index (χ2n) is 3.78. The zero-order valence-corrected chi connectivity index (χ0v) is 12.1. The lowest BCUT2D eigenvalue weighted by Gasteiger charge is -2.08. The van der Waals surface area contributed by atoms with Gasteiger partial charge in [-0.25, -0.2) is 0 Å². The maximum Gasteiger partial charge on any atom is 0.119 e. The highest BCUT2D eigenvalue weighted by Gasteiger charge is 2.03. The van der Waals surface area contributed by atoms with Gasteiger partial charge in [0.05, 0.1) is 7.11 Å². The fourth-order valence-corrected chi connectivity index (χ4v) is 2.95. The van der Waals surface area contributed by atoms with Gasteiger partial charge in [0.15, 0.2) is 0 Å². The summed E-state index contributed by atoms with van der Waals surface area (Å²) in [6, 6.07) is 6.35. The Labute approximate surface area is 110 Å². The first-order chi connectivity index (χ1) is 7.63. The molecule has 1 atom stereocenters. The molecule has 0 aliphatic rings. The minimum atomic E-state index is 0.293. The fourth-order valence-electron chi connectivity index (χ4n) is 1.24. The van der Waals surface area contributed by atoms with Crippen LogP contribution in [0.5, 0.6) is 5.75 Å². The van der Waals surface area contributed by atoms with Crippen LogP contribution in [0.25, 0.3) is 0 Å². The molecule has 0 aliphatic carbocycles. The number of thioether (sulfide) groups is 1. The van der Waals surface area contributed by atoms with Gasteiger partial charge in [-0.05, 0) is 42.9 Å². The maximum atomic E-state index is 5.70. The Bertz CT molecular complexity index is 331. The molecule has 0 amide bonds. The Balaban J connectivity index is 2.46. The molecule has 0 heterocycles. The smallest absolute Gasteiger partial charge is 0.119 e. The van der Waals surface area contributed by atoms with Crippen LogP contribution in [0.15, 0.2) is 22.7 Å². The minimum absolute atomic E-state index is 0.293. The van der Waals surface area contributed by atoms with Gasteiger partial charge in [-0.15, -0.1) is 0 Å². The fraction of sp³-hybridized carbons (Fsp3) is 0.500. The molecule has 90 valence electrons. The van der Waals surface area contributed by atoms with E-state index >= 15 is 0 Å². The first-order valence-corrected chi connectivity index (χ1v) is 7.24. The summed E-state index contributed by atoms with van der Waals surface area (Å²) in [4.78, 5) is 0. The third-order valence-corrected chi connectivity index (χ3v) is 4.04. The lowest BCUT2D eigenvalue weighted by molar-refractivity contribution is 0.414. The molecule has 1 rings (SSSR count). The van der Waals surface area contributed by atoms with Gasteiger partial charge < -0.3 is 10.5 Å². The van der Waals surface area contributed by atoms with E-state index < -0.39 is 0 Å². The first-order valence-electron chi connectivity index (χ1n) is 5.29. The topological polar surface area (TPSA) is 35.2 Å². The average molecular weight is 304 g/mol. The summed E-state index contributed by atoms with van der Waals surface area (Å²) in [5.41, 5.74) is 6.98. The number of ether oxygens (including phenoxy) is 1. The number of hydrogen-bond donors (Lipinski definition) is 1. The molecule has 1 aromatic rings. The summed E-state index contributed by atoms with van der Waals surface area (Å²) in [5.74, 6) is 3.00. The lowest BCUT2D eigenvalue weighted by atomic mass is 10.2. The number of hydrogen-bond acceptors (Lipinski definition) is 3. The molecule has 0 saturated heterocycles. The first kappa shape index (κ1) is 13.9. The van der Waals surface area contributed by atoms with Gasteiger partial charge >= 0.3 is 0 Å². The average Bonchev–Trinajstić information content (AvgIpc) is 2.26. The van der Waals surface area contributed by atoms with Gasteiger partial charge in [0.25, 0.3) is 0 Å². The van der Waals surface area contributed by atoms with Crippen LogP contribution in [-0.4, -0.2) is 18.9 Å². The van der Waals surface area contributed by atoms with Crippen molar-refractivity contribution < 1.29 is 4.74 Å². The van der Waals surface area contributed by atoms with Crippen molar-refractivity contribution in [3.63, 3.8) is 0 Å². The summed E-state index contributed by atoms with van der Waals surface area (Å²) in [5, 5.41) is 0. The van der Waals surface area contributed by atoms with Gasteiger partial charge in [-0.2, -0.15) is 11.8 Å². The zero-order valence-electron chi connectivity index (χ0n) is 9.70. The van der Waals surface area contributed by atoms with E-state index in [1.54, 1.807) is 7.11 Å². The van der Waals surface area contributed by atoms with Gasteiger partial charge in [0.1, 0.15) is 5.75 Å². The van der Waals surface area contributed by atoms with Crippen molar-refractivity contribution >= 4 is 27.7 Å². The minimum Gasteiger partial charge on any atom is -0.497 e. The number of benzene rings is 1. The van der Waals surface area contributed by atoms with Gasteiger partial charge in [0, 0.05) is 16.3 Å². The Morgan fingerprint density at radius 2 is 2.25 bits per heavy atom. The molecule has 1 aromatic carbocycles. The van der Waals surface area contributed by atoms with Crippen LogP contribution in [0.1, 0.15) is 18.9 Å². The molecular weight excluding hydrogens is 286 g/mol. The van der Waals surface area contributed by atoms with E-state index in [1.807, 2.05) is 30.8 Å². The lowest BCUT2D eigenvalue weighted by Crippen LogP contribution is -2.15. The molecular formula is C12H18BrNOS. The monoisotopic (exact) mass is 303 g/mol. The normalized spacial score (nSPS) is 12.5. The number of nitrogens with two attached hydrogens (primary N) is 1. The molecule has 16 heavy (non-hydrogen) atoms. The van der Waals surface area contributed by atoms with Crippen LogP contribution < -0.4 is 10.5 Å². The maximum absolute atomic E-state index is 5.70. The van der Waals surface area contributed by atoms with Gasteiger partial charge in [-0.1, -0.05) is 15.9 Å². The highest BCUT2D eigenvalue weighted by molar-refractivity contribution is 9.10. The quantitative estimate of drug-likeness (QED) is 0.818. The standard InChI is InChI=1S/C12H18BrNOS/c1-9(14)5-6-16-8-10-7-11(15-2)3-4-12(10)13/h3-4,7,9H,5-6,8,14H2,1-2H3. The molecule has 2 nitrogen and oxygen atoms in total. The summed E-state index contributed by atoms with van der Waals surface area (Å²) >= 11 is 5.45. The summed E-state index contributed by atoms with van der Waals surface area (Å²) in [6.07, 6.45) is 1.06. The van der Waals surface area contributed by atoms with E-state index in [4.69, 9.17) is 10.5 Å². The number of rotatable bonds is 6. The summed E-state index contributed by atoms with van der Waals surface area (Å²) < 4.78 is 6.34. The van der Waals surface area contributed by atoms with Crippen molar-refractivity contribution in [1.82, 2.24) is 0 Å². The molecule has 0 saturated carbocycles. The predicted molar refractivity (Wildman–Crippen MR) is 75.1 cm³/mol. The van der Waals surface area contributed by atoms with Crippen molar-refractivity contribution in [3.05, 3.63) is 28.2 Å². The molecule has 0 fully saturated rings. The second-order valence-corrected chi connectivity index (χ2v) is 5.74. The van der Waals surface area contributed by atoms with Gasteiger partial charge in [0.2, 0.25) is 0 Å². The Kier molecular flexibility index (Phi) is 6.24. The van der Waals surface area contributed by atoms with Crippen molar-refractivity contribution in [2.75, 3.05) is 12.9 Å². The molecule has 2 N–H and O–H groups in total. The van der Waals surface area contributed by atoms with Crippen LogP contribution in [0.3, 0.4) is 0 Å². The third-order valence-electron chi connectivity index (χ3n) is 2.23. The van der Waals surface area contributed by atoms with Crippen LogP contribution in [-0.2, 0) is 5.75 Å². The highest BCUT2D eigenvalue weighted by atomic mass is 79.9. The Morgan fingerprint density at radius 3 is 2.88 bits per heavy atom. The van der Waals surface area contributed by atoms with Crippen LogP contribution in [0, 0.1) is 0 Å². The third kappa shape index (κ3) is 4.76. The Hall–Kier alpha value is -0.190. The SMILES string of the molecule is COc1ccc(Br)c(CSCCC(C)N)c1. The second kappa shape index (κ2) is 7.20. The predicted octanol–water partition coefficient (Wildman–Crippen LogP) is 3.43. The van der Waals surface area contributed by atoms with E-state index in [0.717, 1.165) is 28.1 Å². The summed E-state index contributed by atoms with van der Waals surface area (Å²) in [6.45, 7) is 2.04. The molecule has 0 aliphatic heterocycles. The number of methoxy groups -OCH3 is 1. The van der Waals surface area contributed by atoms with Gasteiger partial charge in [-0.3, -0.25) is 0 Å². The molecule has 0 spiro atoms. The van der Waals surface area contributed by atoms with Crippen molar-refractivity contribution in [1.29, 1.82) is 0 Å². The molecule has 0 aromatic heterocycles. The Morgan fingerprint density at radius 1 is 1.50 bits per heavy atom. The molecule has 1 unspecified atom stereocenters. The number of halogens is 1. The molecule has 0 bridgehead atoms. The van der Waals surface area contributed by atoms with E-state index in [1.165, 1.54) is 5.56 Å². The molecule has 0 radical (unpaired) electrons. The van der Waals surface area contributed by atoms with E-state index in [0.29, 0.717) is 6.04 Å². The highest BCUT2D eigenvalue weighted by Crippen LogP contribution is 2.26. The molecule has 4 heteroatoms. The van der Waals surface area contributed by atoms with E-state index in [-0.39, 0.29) is 0 Å². The summed E-state index contributed by atoms with van der Waals surface area (Å²) in [7, 11) is 1.69. The van der Waals surface area contributed by atoms with Crippen LogP contribution in [0.2, 0.25) is 0 Å². The largest absolute Gasteiger partial charge is 0.497 e.